The first-order valence-electron chi connectivity index (χ1n) is 6.08. The first-order chi connectivity index (χ1) is 7.38. The van der Waals surface area contributed by atoms with Gasteiger partial charge in [-0.2, -0.15) is 0 Å². The molecule has 1 fully saturated rings. The molecule has 1 rings (SSSR count). The molecule has 16 heavy (non-hydrogen) atoms. The van der Waals surface area contributed by atoms with Crippen molar-refractivity contribution in [3.05, 3.63) is 0 Å². The van der Waals surface area contributed by atoms with Gasteiger partial charge in [-0.1, -0.05) is 0 Å². The molecule has 1 atom stereocenters. The Balaban J connectivity index is 2.33. The van der Waals surface area contributed by atoms with Gasteiger partial charge in [0.15, 0.2) is 0 Å². The van der Waals surface area contributed by atoms with Gasteiger partial charge in [0.2, 0.25) is 0 Å². The molecule has 0 spiro atoms. The fourth-order valence-corrected chi connectivity index (χ4v) is 1.80. The smallest absolute Gasteiger partial charge is 0.323 e. The van der Waals surface area contributed by atoms with Crippen LogP contribution in [0.4, 0.5) is 0 Å². The van der Waals surface area contributed by atoms with Crippen molar-refractivity contribution in [2.24, 2.45) is 0 Å². The molecule has 1 saturated heterocycles. The van der Waals surface area contributed by atoms with Crippen LogP contribution in [0.15, 0.2) is 0 Å². The Morgan fingerprint density at radius 1 is 1.38 bits per heavy atom. The van der Waals surface area contributed by atoms with Crippen molar-refractivity contribution in [3.63, 3.8) is 0 Å². The lowest BCUT2D eigenvalue weighted by Gasteiger charge is -2.28. The van der Waals surface area contributed by atoms with Crippen LogP contribution in [0, 0.1) is 0 Å². The second-order valence-electron chi connectivity index (χ2n) is 5.45. The van der Waals surface area contributed by atoms with Crippen LogP contribution in [0.5, 0.6) is 0 Å². The van der Waals surface area contributed by atoms with Gasteiger partial charge in [0.05, 0.1) is 0 Å². The van der Waals surface area contributed by atoms with E-state index in [9.17, 15) is 4.79 Å². The average Bonchev–Trinajstić information content (AvgIpc) is 2.16. The van der Waals surface area contributed by atoms with Crippen LogP contribution in [0.2, 0.25) is 0 Å². The number of nitrogens with one attached hydrogen (secondary N) is 2. The topological polar surface area (TPSA) is 50.4 Å². The van der Waals surface area contributed by atoms with Gasteiger partial charge < -0.3 is 15.4 Å². The molecule has 4 heteroatoms. The van der Waals surface area contributed by atoms with Crippen LogP contribution in [0.25, 0.3) is 0 Å². The van der Waals surface area contributed by atoms with E-state index in [1.165, 1.54) is 0 Å². The van der Waals surface area contributed by atoms with E-state index in [1.807, 2.05) is 27.7 Å². The summed E-state index contributed by atoms with van der Waals surface area (Å²) >= 11 is 0. The highest BCUT2D eigenvalue weighted by atomic mass is 16.6. The highest BCUT2D eigenvalue weighted by molar-refractivity contribution is 5.75. The molecule has 0 amide bonds. The fourth-order valence-electron chi connectivity index (χ4n) is 1.80. The lowest BCUT2D eigenvalue weighted by molar-refractivity contribution is -0.157. The molecular weight excluding hydrogens is 204 g/mol. The molecule has 1 aliphatic heterocycles. The predicted octanol–water partition coefficient (Wildman–Crippen LogP) is 1.06. The van der Waals surface area contributed by atoms with Gasteiger partial charge in [-0.25, -0.2) is 0 Å². The third kappa shape index (κ3) is 4.94. The van der Waals surface area contributed by atoms with Crippen molar-refractivity contribution >= 4 is 5.97 Å². The Morgan fingerprint density at radius 3 is 2.44 bits per heavy atom. The Labute approximate surface area is 98.1 Å². The van der Waals surface area contributed by atoms with Crippen LogP contribution in [0.3, 0.4) is 0 Å². The first kappa shape index (κ1) is 13.5. The molecule has 4 nitrogen and oxygen atoms in total. The van der Waals surface area contributed by atoms with E-state index in [-0.39, 0.29) is 12.0 Å². The van der Waals surface area contributed by atoms with Crippen molar-refractivity contribution in [2.75, 3.05) is 13.1 Å². The normalized spacial score (nSPS) is 20.5. The number of piperidine rings is 1. The maximum absolute atomic E-state index is 11.7. The third-order valence-electron chi connectivity index (χ3n) is 2.59. The molecule has 0 aliphatic carbocycles. The summed E-state index contributed by atoms with van der Waals surface area (Å²) in [6, 6.07) is 0.214. The maximum atomic E-state index is 11.7. The fraction of sp³-hybridized carbons (Fsp3) is 0.917. The Bertz CT molecular complexity index is 230. The summed E-state index contributed by atoms with van der Waals surface area (Å²) in [7, 11) is 0. The number of hydrogen-bond acceptors (Lipinski definition) is 4. The van der Waals surface area contributed by atoms with Crippen molar-refractivity contribution in [1.29, 1.82) is 0 Å². The summed E-state index contributed by atoms with van der Waals surface area (Å²) in [4.78, 5) is 11.7. The Hall–Kier alpha value is -0.610. The molecule has 2 N–H and O–H groups in total. The minimum Gasteiger partial charge on any atom is -0.459 e. The van der Waals surface area contributed by atoms with Gasteiger partial charge >= 0.3 is 5.97 Å². The summed E-state index contributed by atoms with van der Waals surface area (Å²) in [5.74, 6) is -0.161. The summed E-state index contributed by atoms with van der Waals surface area (Å²) < 4.78 is 5.32. The van der Waals surface area contributed by atoms with Gasteiger partial charge in [0, 0.05) is 6.04 Å². The third-order valence-corrected chi connectivity index (χ3v) is 2.59. The van der Waals surface area contributed by atoms with Crippen LogP contribution in [-0.2, 0) is 9.53 Å². The van der Waals surface area contributed by atoms with E-state index >= 15 is 0 Å². The quantitative estimate of drug-likeness (QED) is 0.709. The minimum atomic E-state index is -0.402. The predicted molar refractivity (Wildman–Crippen MR) is 64.3 cm³/mol. The zero-order valence-corrected chi connectivity index (χ0v) is 10.8. The number of carbonyl (C=O) groups is 1. The second-order valence-corrected chi connectivity index (χ2v) is 5.45. The molecule has 1 heterocycles. The maximum Gasteiger partial charge on any atom is 0.323 e. The molecular formula is C12H24N2O2. The molecule has 0 aromatic rings. The number of esters is 1. The van der Waals surface area contributed by atoms with Gasteiger partial charge in [-0.15, -0.1) is 0 Å². The van der Waals surface area contributed by atoms with E-state index in [0.29, 0.717) is 6.04 Å². The molecule has 0 radical (unpaired) electrons. The van der Waals surface area contributed by atoms with Gasteiger partial charge in [-0.05, 0) is 53.6 Å². The van der Waals surface area contributed by atoms with Crippen LogP contribution in [0.1, 0.15) is 40.5 Å². The lowest BCUT2D eigenvalue weighted by Crippen LogP contribution is -2.48. The van der Waals surface area contributed by atoms with Crippen molar-refractivity contribution in [3.8, 4) is 0 Å². The zero-order valence-electron chi connectivity index (χ0n) is 10.8. The molecule has 0 aromatic heterocycles. The van der Waals surface area contributed by atoms with Crippen LogP contribution in [-0.4, -0.2) is 36.7 Å². The monoisotopic (exact) mass is 228 g/mol. The minimum absolute atomic E-state index is 0.161. The number of ether oxygens (including phenoxy) is 1. The molecule has 1 unspecified atom stereocenters. The standard InChI is InChI=1S/C12H24N2O2/c1-9(11(15)16-12(2,3)4)14-10-5-7-13-8-6-10/h9-10,13-14H,5-8H2,1-4H3. The molecule has 0 saturated carbocycles. The number of rotatable bonds is 3. The Kier molecular flexibility index (Phi) is 4.74. The summed E-state index contributed by atoms with van der Waals surface area (Å²) in [6.07, 6.45) is 2.15. The van der Waals surface area contributed by atoms with E-state index < -0.39 is 5.60 Å². The second kappa shape index (κ2) is 5.64. The first-order valence-corrected chi connectivity index (χ1v) is 6.08. The number of hydrogen-bond donors (Lipinski definition) is 2. The largest absolute Gasteiger partial charge is 0.459 e. The van der Waals surface area contributed by atoms with Crippen molar-refractivity contribution in [1.82, 2.24) is 10.6 Å². The zero-order chi connectivity index (χ0) is 12.2. The molecule has 0 bridgehead atoms. The van der Waals surface area contributed by atoms with E-state index in [2.05, 4.69) is 10.6 Å². The van der Waals surface area contributed by atoms with Crippen molar-refractivity contribution in [2.45, 2.75) is 58.2 Å². The van der Waals surface area contributed by atoms with Crippen LogP contribution >= 0.6 is 0 Å². The highest BCUT2D eigenvalue weighted by Gasteiger charge is 2.24. The van der Waals surface area contributed by atoms with E-state index in [4.69, 9.17) is 4.74 Å². The number of carbonyl (C=O) groups excluding carboxylic acids is 1. The summed E-state index contributed by atoms with van der Waals surface area (Å²) in [6.45, 7) is 9.60. The molecule has 94 valence electrons. The SMILES string of the molecule is CC(NC1CCNCC1)C(=O)OC(C)(C)C. The summed E-state index contributed by atoms with van der Waals surface area (Å²) in [5, 5.41) is 6.63. The van der Waals surface area contributed by atoms with E-state index in [0.717, 1.165) is 25.9 Å². The van der Waals surface area contributed by atoms with E-state index in [1.54, 1.807) is 0 Å². The Morgan fingerprint density at radius 2 is 1.94 bits per heavy atom. The van der Waals surface area contributed by atoms with Gasteiger partial charge in [-0.3, -0.25) is 4.79 Å². The lowest BCUT2D eigenvalue weighted by atomic mass is 10.1. The molecule has 0 aromatic carbocycles. The molecule has 1 aliphatic rings. The van der Waals surface area contributed by atoms with Crippen LogP contribution < -0.4 is 10.6 Å². The average molecular weight is 228 g/mol. The van der Waals surface area contributed by atoms with Crippen molar-refractivity contribution < 1.29 is 9.53 Å². The summed E-state index contributed by atoms with van der Waals surface area (Å²) in [5.41, 5.74) is -0.402. The van der Waals surface area contributed by atoms with Gasteiger partial charge in [0.1, 0.15) is 11.6 Å². The van der Waals surface area contributed by atoms with Gasteiger partial charge in [0.25, 0.3) is 0 Å². The highest BCUT2D eigenvalue weighted by Crippen LogP contribution is 2.10.